The predicted molar refractivity (Wildman–Crippen MR) is 52.5 cm³/mol. The van der Waals surface area contributed by atoms with Crippen LogP contribution in [0.15, 0.2) is 12.2 Å². The van der Waals surface area contributed by atoms with Crippen molar-refractivity contribution in [3.63, 3.8) is 0 Å². The summed E-state index contributed by atoms with van der Waals surface area (Å²) in [6, 6.07) is 0. The van der Waals surface area contributed by atoms with E-state index in [2.05, 4.69) is 6.92 Å². The minimum atomic E-state index is -0.822. The molecule has 0 aliphatic heterocycles. The normalized spacial score (nSPS) is 29.3. The van der Waals surface area contributed by atoms with Crippen molar-refractivity contribution in [1.82, 2.24) is 0 Å². The van der Waals surface area contributed by atoms with Gasteiger partial charge < -0.3 is 5.11 Å². The Hall–Kier alpha value is -0.790. The Balaban J connectivity index is 2.28. The second kappa shape index (κ2) is 5.05. The molecule has 74 valence electrons. The molecule has 1 aliphatic carbocycles. The summed E-state index contributed by atoms with van der Waals surface area (Å²) in [7, 11) is 0. The molecule has 0 unspecified atom stereocenters. The van der Waals surface area contributed by atoms with Crippen molar-refractivity contribution in [2.24, 2.45) is 11.8 Å². The van der Waals surface area contributed by atoms with Gasteiger partial charge in [-0.15, -0.1) is 0 Å². The molecule has 0 bridgehead atoms. The van der Waals surface area contributed by atoms with E-state index in [0.717, 1.165) is 5.92 Å². The van der Waals surface area contributed by atoms with E-state index in [0.29, 0.717) is 5.92 Å². The Morgan fingerprint density at radius 3 is 2.46 bits per heavy atom. The summed E-state index contributed by atoms with van der Waals surface area (Å²) in [5.41, 5.74) is 0. The molecular weight excluding hydrogens is 164 g/mol. The number of hydrogen-bond acceptors (Lipinski definition) is 1. The van der Waals surface area contributed by atoms with Gasteiger partial charge in [-0.05, 0) is 37.5 Å². The minimum absolute atomic E-state index is 0.513. The summed E-state index contributed by atoms with van der Waals surface area (Å²) in [5.74, 6) is 0.575. The molecule has 1 saturated carbocycles. The van der Waals surface area contributed by atoms with E-state index in [9.17, 15) is 4.79 Å². The lowest BCUT2D eigenvalue weighted by Crippen LogP contribution is -2.12. The molecule has 1 rings (SSSR count). The Bertz CT molecular complexity index is 188. The van der Waals surface area contributed by atoms with E-state index in [1.807, 2.05) is 6.08 Å². The smallest absolute Gasteiger partial charge is 0.327 e. The lowest BCUT2D eigenvalue weighted by molar-refractivity contribution is -0.131. The Labute approximate surface area is 79.6 Å². The van der Waals surface area contributed by atoms with Gasteiger partial charge >= 0.3 is 5.97 Å². The first-order chi connectivity index (χ1) is 6.22. The SMILES string of the molecule is CCC1CCC(C=CC(=O)O)CC1. The van der Waals surface area contributed by atoms with Crippen LogP contribution in [0.3, 0.4) is 0 Å². The molecule has 0 aromatic heterocycles. The molecule has 1 fully saturated rings. The van der Waals surface area contributed by atoms with Crippen molar-refractivity contribution in [2.45, 2.75) is 39.0 Å². The summed E-state index contributed by atoms with van der Waals surface area (Å²) in [6.07, 6.45) is 9.29. The van der Waals surface area contributed by atoms with Crippen LogP contribution in [0, 0.1) is 11.8 Å². The van der Waals surface area contributed by atoms with Crippen LogP contribution in [-0.2, 0) is 4.79 Å². The van der Waals surface area contributed by atoms with Crippen LogP contribution in [0.25, 0.3) is 0 Å². The van der Waals surface area contributed by atoms with Gasteiger partial charge in [-0.2, -0.15) is 0 Å². The maximum absolute atomic E-state index is 10.3. The van der Waals surface area contributed by atoms with Crippen LogP contribution < -0.4 is 0 Å². The lowest BCUT2D eigenvalue weighted by Gasteiger charge is -2.25. The van der Waals surface area contributed by atoms with Gasteiger partial charge in [-0.1, -0.05) is 19.4 Å². The quantitative estimate of drug-likeness (QED) is 0.681. The van der Waals surface area contributed by atoms with E-state index in [1.165, 1.54) is 38.2 Å². The average molecular weight is 182 g/mol. The number of allylic oxidation sites excluding steroid dienone is 1. The molecule has 0 radical (unpaired) electrons. The molecule has 13 heavy (non-hydrogen) atoms. The Morgan fingerprint density at radius 2 is 2.00 bits per heavy atom. The molecular formula is C11H18O2. The van der Waals surface area contributed by atoms with Gasteiger partial charge in [0.25, 0.3) is 0 Å². The Morgan fingerprint density at radius 1 is 1.38 bits per heavy atom. The maximum Gasteiger partial charge on any atom is 0.327 e. The summed E-state index contributed by atoms with van der Waals surface area (Å²) < 4.78 is 0. The predicted octanol–water partition coefficient (Wildman–Crippen LogP) is 2.84. The van der Waals surface area contributed by atoms with Crippen LogP contribution in [0.2, 0.25) is 0 Å². The van der Waals surface area contributed by atoms with E-state index in [4.69, 9.17) is 5.11 Å². The molecule has 2 nitrogen and oxygen atoms in total. The topological polar surface area (TPSA) is 37.3 Å². The summed E-state index contributed by atoms with van der Waals surface area (Å²) in [6.45, 7) is 2.23. The highest BCUT2D eigenvalue weighted by Gasteiger charge is 2.17. The number of hydrogen-bond donors (Lipinski definition) is 1. The fraction of sp³-hybridized carbons (Fsp3) is 0.727. The fourth-order valence-corrected chi connectivity index (χ4v) is 2.01. The number of carboxylic acids is 1. The fourth-order valence-electron chi connectivity index (χ4n) is 2.01. The van der Waals surface area contributed by atoms with Crippen LogP contribution in [0.1, 0.15) is 39.0 Å². The molecule has 0 amide bonds. The highest BCUT2D eigenvalue weighted by Crippen LogP contribution is 2.31. The molecule has 1 aliphatic rings. The highest BCUT2D eigenvalue weighted by atomic mass is 16.4. The summed E-state index contributed by atoms with van der Waals surface area (Å²) >= 11 is 0. The van der Waals surface area contributed by atoms with Crippen molar-refractivity contribution >= 4 is 5.97 Å². The molecule has 2 heteroatoms. The Kier molecular flexibility index (Phi) is 4.00. The highest BCUT2D eigenvalue weighted by molar-refractivity contribution is 5.79. The second-order valence-corrected chi connectivity index (χ2v) is 3.89. The van der Waals surface area contributed by atoms with Gasteiger partial charge in [0.15, 0.2) is 0 Å². The molecule has 1 N–H and O–H groups in total. The lowest BCUT2D eigenvalue weighted by atomic mass is 9.81. The van der Waals surface area contributed by atoms with Crippen LogP contribution in [0.5, 0.6) is 0 Å². The second-order valence-electron chi connectivity index (χ2n) is 3.89. The minimum Gasteiger partial charge on any atom is -0.478 e. The zero-order chi connectivity index (χ0) is 9.68. The van der Waals surface area contributed by atoms with Crippen molar-refractivity contribution < 1.29 is 9.90 Å². The van der Waals surface area contributed by atoms with E-state index >= 15 is 0 Å². The van der Waals surface area contributed by atoms with Gasteiger partial charge in [0.05, 0.1) is 0 Å². The zero-order valence-corrected chi connectivity index (χ0v) is 8.20. The van der Waals surface area contributed by atoms with Gasteiger partial charge in [0.1, 0.15) is 0 Å². The zero-order valence-electron chi connectivity index (χ0n) is 8.20. The van der Waals surface area contributed by atoms with Crippen LogP contribution >= 0.6 is 0 Å². The standard InChI is InChI=1S/C11H18O2/c1-2-9-3-5-10(6-4-9)7-8-11(12)13/h7-10H,2-6H2,1H3,(H,12,13). The molecule has 0 saturated heterocycles. The number of rotatable bonds is 3. The molecule has 0 heterocycles. The molecule has 0 aromatic carbocycles. The number of aliphatic carboxylic acids is 1. The van der Waals surface area contributed by atoms with Crippen molar-refractivity contribution in [2.75, 3.05) is 0 Å². The first-order valence-electron chi connectivity index (χ1n) is 5.13. The van der Waals surface area contributed by atoms with E-state index in [-0.39, 0.29) is 0 Å². The van der Waals surface area contributed by atoms with Gasteiger partial charge in [0, 0.05) is 6.08 Å². The third-order valence-corrected chi connectivity index (χ3v) is 2.98. The van der Waals surface area contributed by atoms with Gasteiger partial charge in [-0.3, -0.25) is 0 Å². The van der Waals surface area contributed by atoms with Crippen molar-refractivity contribution in [3.8, 4) is 0 Å². The molecule has 0 atom stereocenters. The van der Waals surface area contributed by atoms with Crippen molar-refractivity contribution in [1.29, 1.82) is 0 Å². The van der Waals surface area contributed by atoms with Crippen LogP contribution in [-0.4, -0.2) is 11.1 Å². The first kappa shape index (κ1) is 10.3. The summed E-state index contributed by atoms with van der Waals surface area (Å²) in [5, 5.41) is 8.46. The first-order valence-corrected chi connectivity index (χ1v) is 5.13. The largest absolute Gasteiger partial charge is 0.478 e. The van der Waals surface area contributed by atoms with Crippen molar-refractivity contribution in [3.05, 3.63) is 12.2 Å². The maximum atomic E-state index is 10.3. The number of carboxylic acid groups (broad SMARTS) is 1. The number of carbonyl (C=O) groups is 1. The van der Waals surface area contributed by atoms with E-state index < -0.39 is 5.97 Å². The summed E-state index contributed by atoms with van der Waals surface area (Å²) in [4.78, 5) is 10.3. The third kappa shape index (κ3) is 3.62. The molecule has 0 aromatic rings. The molecule has 0 spiro atoms. The third-order valence-electron chi connectivity index (χ3n) is 2.98. The van der Waals surface area contributed by atoms with Gasteiger partial charge in [-0.25, -0.2) is 4.79 Å². The monoisotopic (exact) mass is 182 g/mol. The average Bonchev–Trinajstić information content (AvgIpc) is 2.15. The van der Waals surface area contributed by atoms with E-state index in [1.54, 1.807) is 0 Å². The van der Waals surface area contributed by atoms with Crippen LogP contribution in [0.4, 0.5) is 0 Å². The van der Waals surface area contributed by atoms with Gasteiger partial charge in [0.2, 0.25) is 0 Å².